The molecule has 0 aromatic heterocycles. The van der Waals surface area contributed by atoms with E-state index in [1.54, 1.807) is 12.1 Å². The summed E-state index contributed by atoms with van der Waals surface area (Å²) >= 11 is 0. The van der Waals surface area contributed by atoms with Crippen molar-refractivity contribution in [2.24, 2.45) is 0 Å². The van der Waals surface area contributed by atoms with E-state index in [9.17, 15) is 8.78 Å². The van der Waals surface area contributed by atoms with Crippen molar-refractivity contribution in [2.45, 2.75) is 0 Å². The van der Waals surface area contributed by atoms with Crippen LogP contribution < -0.4 is 0 Å². The molecule has 0 aliphatic heterocycles. The van der Waals surface area contributed by atoms with Gasteiger partial charge in [-0.05, 0) is 46.5 Å². The molecule has 0 fully saturated rings. The first-order valence-electron chi connectivity index (χ1n) is 4.85. The molecule has 0 nitrogen and oxygen atoms in total. The van der Waals surface area contributed by atoms with E-state index >= 15 is 0 Å². The fraction of sp³-hybridized carbons (Fsp3) is 0. The van der Waals surface area contributed by atoms with E-state index in [1.165, 1.54) is 18.2 Å². The van der Waals surface area contributed by atoms with Gasteiger partial charge in [-0.2, -0.15) is 0 Å². The van der Waals surface area contributed by atoms with Crippen molar-refractivity contribution in [2.75, 3.05) is 0 Å². The Morgan fingerprint density at radius 2 is 1.75 bits per heavy atom. The van der Waals surface area contributed by atoms with Gasteiger partial charge in [0.1, 0.15) is 11.6 Å². The number of fused-ring (bicyclic) bond motifs is 3. The van der Waals surface area contributed by atoms with Gasteiger partial charge in [-0.15, -0.1) is 0 Å². The Kier molecular flexibility index (Phi) is 1.90. The molecule has 0 heterocycles. The smallest absolute Gasteiger partial charge is 0.132 e. The molecular weight excluding hydrogens is 206 g/mol. The zero-order valence-electron chi connectivity index (χ0n) is 8.22. The molecule has 16 heavy (non-hydrogen) atoms. The molecule has 0 bridgehead atoms. The normalized spacial score (nSPS) is 11.1. The minimum atomic E-state index is -0.479. The number of benzene rings is 3. The summed E-state index contributed by atoms with van der Waals surface area (Å²) in [5.74, 6) is -0.860. The average molecular weight is 212 g/mol. The van der Waals surface area contributed by atoms with Crippen molar-refractivity contribution >= 4 is 21.5 Å². The predicted octanol–water partition coefficient (Wildman–Crippen LogP) is 3.87. The second kappa shape index (κ2) is 3.27. The number of rotatable bonds is 0. The highest BCUT2D eigenvalue weighted by molar-refractivity contribution is 6.07. The zero-order chi connectivity index (χ0) is 11.1. The minimum Gasteiger partial charge on any atom is -0.206 e. The summed E-state index contributed by atoms with van der Waals surface area (Å²) in [7, 11) is 0. The lowest BCUT2D eigenvalue weighted by Gasteiger charge is -2.04. The van der Waals surface area contributed by atoms with Gasteiger partial charge in [0.2, 0.25) is 0 Å². The van der Waals surface area contributed by atoms with E-state index in [0.29, 0.717) is 10.8 Å². The number of hydrogen-bond acceptors (Lipinski definition) is 0. The van der Waals surface area contributed by atoms with Crippen LogP contribution in [-0.2, 0) is 0 Å². The average Bonchev–Trinajstić information content (AvgIpc) is 2.28. The Labute approximate surface area is 91.1 Å². The van der Waals surface area contributed by atoms with E-state index in [1.807, 2.05) is 6.07 Å². The maximum Gasteiger partial charge on any atom is 0.132 e. The molecule has 3 aromatic carbocycles. The van der Waals surface area contributed by atoms with Crippen molar-refractivity contribution in [3.8, 4) is 0 Å². The van der Waals surface area contributed by atoms with E-state index < -0.39 is 5.82 Å². The van der Waals surface area contributed by atoms with E-state index in [4.69, 9.17) is 0 Å². The topological polar surface area (TPSA) is 0 Å². The highest BCUT2D eigenvalue weighted by Gasteiger charge is 2.06. The Bertz CT molecular complexity index is 687. The van der Waals surface area contributed by atoms with Gasteiger partial charge in [-0.3, -0.25) is 0 Å². The molecule has 0 amide bonds. The molecule has 76 valence electrons. The van der Waals surface area contributed by atoms with Crippen LogP contribution in [0.4, 0.5) is 8.78 Å². The Morgan fingerprint density at radius 3 is 2.62 bits per heavy atom. The minimum absolute atomic E-state index is 0.381. The summed E-state index contributed by atoms with van der Waals surface area (Å²) in [6, 6.07) is 14.6. The third-order valence-corrected chi connectivity index (χ3v) is 2.64. The van der Waals surface area contributed by atoms with Crippen molar-refractivity contribution in [3.05, 3.63) is 60.2 Å². The molecule has 3 aromatic rings. The summed E-state index contributed by atoms with van der Waals surface area (Å²) in [5, 5.41) is 2.50. The molecule has 0 atom stereocenters. The quantitative estimate of drug-likeness (QED) is 0.496. The Hall–Kier alpha value is -1.96. The lowest BCUT2D eigenvalue weighted by Crippen LogP contribution is -1.84. The largest absolute Gasteiger partial charge is 0.206 e. The van der Waals surface area contributed by atoms with Crippen LogP contribution in [0.25, 0.3) is 21.5 Å². The number of hydrogen-bond donors (Lipinski definition) is 0. The van der Waals surface area contributed by atoms with Crippen LogP contribution in [0.15, 0.2) is 36.4 Å². The van der Waals surface area contributed by atoms with Crippen LogP contribution in [0, 0.1) is 23.8 Å². The summed E-state index contributed by atoms with van der Waals surface area (Å²) < 4.78 is 26.8. The van der Waals surface area contributed by atoms with Crippen molar-refractivity contribution in [3.63, 3.8) is 0 Å². The molecule has 0 unspecified atom stereocenters. The SMILES string of the molecule is Fc1[c]cc2ccc3c[c]cc(F)c3c2c1. The third-order valence-electron chi connectivity index (χ3n) is 2.64. The Morgan fingerprint density at radius 1 is 0.938 bits per heavy atom. The van der Waals surface area contributed by atoms with Crippen LogP contribution in [0.5, 0.6) is 0 Å². The molecule has 0 aliphatic carbocycles. The number of halogens is 2. The van der Waals surface area contributed by atoms with E-state index in [0.717, 1.165) is 10.8 Å². The fourth-order valence-corrected chi connectivity index (χ4v) is 1.91. The lowest BCUT2D eigenvalue weighted by atomic mass is 10.0. The van der Waals surface area contributed by atoms with Gasteiger partial charge in [0.25, 0.3) is 0 Å². The van der Waals surface area contributed by atoms with Gasteiger partial charge in [0.05, 0.1) is 0 Å². The molecule has 0 N–H and O–H groups in total. The van der Waals surface area contributed by atoms with Crippen molar-refractivity contribution < 1.29 is 8.78 Å². The molecule has 0 saturated carbocycles. The fourth-order valence-electron chi connectivity index (χ4n) is 1.91. The Balaban J connectivity index is 2.61. The monoisotopic (exact) mass is 212 g/mol. The molecule has 0 spiro atoms. The van der Waals surface area contributed by atoms with Crippen LogP contribution >= 0.6 is 0 Å². The second-order valence-electron chi connectivity index (χ2n) is 3.62. The molecule has 2 radical (unpaired) electrons. The standard InChI is InChI=1S/C14H6F2/c15-11-7-6-9-4-5-10-2-1-3-13(16)14(10)12(9)8-11/h2-6,8H. The molecule has 3 rings (SSSR count). The van der Waals surface area contributed by atoms with Gasteiger partial charge in [0.15, 0.2) is 0 Å². The summed E-state index contributed by atoms with van der Waals surface area (Å²) in [5.41, 5.74) is 0. The zero-order valence-corrected chi connectivity index (χ0v) is 8.22. The van der Waals surface area contributed by atoms with Gasteiger partial charge >= 0.3 is 0 Å². The summed E-state index contributed by atoms with van der Waals surface area (Å²) in [4.78, 5) is 0. The van der Waals surface area contributed by atoms with Crippen molar-refractivity contribution in [1.29, 1.82) is 0 Å². The van der Waals surface area contributed by atoms with E-state index in [2.05, 4.69) is 12.1 Å². The van der Waals surface area contributed by atoms with Crippen LogP contribution in [0.3, 0.4) is 0 Å². The first-order valence-corrected chi connectivity index (χ1v) is 4.85. The van der Waals surface area contributed by atoms with Crippen LogP contribution in [0.1, 0.15) is 0 Å². The predicted molar refractivity (Wildman–Crippen MR) is 59.0 cm³/mol. The van der Waals surface area contributed by atoms with Crippen molar-refractivity contribution in [1.82, 2.24) is 0 Å². The van der Waals surface area contributed by atoms with Gasteiger partial charge in [-0.1, -0.05) is 12.1 Å². The molecule has 0 aliphatic rings. The van der Waals surface area contributed by atoms with Gasteiger partial charge in [-0.25, -0.2) is 8.78 Å². The maximum atomic E-state index is 13.7. The highest BCUT2D eigenvalue weighted by Crippen LogP contribution is 2.27. The third kappa shape index (κ3) is 1.27. The first kappa shape index (κ1) is 9.28. The summed E-state index contributed by atoms with van der Waals surface area (Å²) in [6.07, 6.45) is 0. The van der Waals surface area contributed by atoms with Crippen LogP contribution in [-0.4, -0.2) is 0 Å². The maximum absolute atomic E-state index is 13.7. The summed E-state index contributed by atoms with van der Waals surface area (Å²) in [6.45, 7) is 0. The highest BCUT2D eigenvalue weighted by atomic mass is 19.1. The second-order valence-corrected chi connectivity index (χ2v) is 3.62. The van der Waals surface area contributed by atoms with Crippen LogP contribution in [0.2, 0.25) is 0 Å². The molecule has 0 saturated heterocycles. The molecule has 2 heteroatoms. The molecular formula is C14H6F2. The van der Waals surface area contributed by atoms with Gasteiger partial charge < -0.3 is 0 Å². The van der Waals surface area contributed by atoms with E-state index in [-0.39, 0.29) is 5.82 Å². The lowest BCUT2D eigenvalue weighted by molar-refractivity contribution is 0.627. The van der Waals surface area contributed by atoms with Gasteiger partial charge in [0, 0.05) is 11.5 Å². The first-order chi connectivity index (χ1) is 7.75.